The molecule has 0 amide bonds. The lowest BCUT2D eigenvalue weighted by Crippen LogP contribution is -2.28. The van der Waals surface area contributed by atoms with Gasteiger partial charge in [0.1, 0.15) is 11.6 Å². The SMILES string of the molecule is C[C@H]1C(=O)CC(=O)C[C@@H](c2ccccc2)[C@H]1COCc1ccccc1. The second-order valence-electron chi connectivity index (χ2n) is 6.86. The van der Waals surface area contributed by atoms with Crippen molar-refractivity contribution in [3.63, 3.8) is 0 Å². The van der Waals surface area contributed by atoms with E-state index in [1.807, 2.05) is 67.6 Å². The molecule has 3 nitrogen and oxygen atoms in total. The summed E-state index contributed by atoms with van der Waals surface area (Å²) in [6.07, 6.45) is 0.471. The van der Waals surface area contributed by atoms with E-state index in [2.05, 4.69) is 0 Å². The Morgan fingerprint density at radius 2 is 1.60 bits per heavy atom. The maximum Gasteiger partial charge on any atom is 0.143 e. The van der Waals surface area contributed by atoms with E-state index in [0.717, 1.165) is 11.1 Å². The van der Waals surface area contributed by atoms with Crippen LogP contribution in [-0.2, 0) is 20.9 Å². The molecule has 0 unspecified atom stereocenters. The number of carbonyl (C=O) groups is 2. The Morgan fingerprint density at radius 1 is 0.960 bits per heavy atom. The van der Waals surface area contributed by atoms with Gasteiger partial charge in [-0.1, -0.05) is 67.6 Å². The summed E-state index contributed by atoms with van der Waals surface area (Å²) in [6.45, 7) is 2.94. The van der Waals surface area contributed by atoms with Crippen molar-refractivity contribution in [2.45, 2.75) is 32.3 Å². The summed E-state index contributed by atoms with van der Waals surface area (Å²) in [5.74, 6) is -0.0450. The molecule has 0 bridgehead atoms. The lowest BCUT2D eigenvalue weighted by Gasteiger charge is -2.28. The van der Waals surface area contributed by atoms with Crippen LogP contribution in [0.2, 0.25) is 0 Å². The van der Waals surface area contributed by atoms with Gasteiger partial charge in [0.2, 0.25) is 0 Å². The number of ether oxygens (including phenoxy) is 1. The molecule has 2 aromatic rings. The molecule has 0 N–H and O–H groups in total. The lowest BCUT2D eigenvalue weighted by molar-refractivity contribution is -0.128. The van der Waals surface area contributed by atoms with Crippen LogP contribution in [0.5, 0.6) is 0 Å². The molecule has 25 heavy (non-hydrogen) atoms. The van der Waals surface area contributed by atoms with E-state index in [1.165, 1.54) is 0 Å². The van der Waals surface area contributed by atoms with Crippen molar-refractivity contribution < 1.29 is 14.3 Å². The number of benzene rings is 2. The van der Waals surface area contributed by atoms with Gasteiger partial charge in [0.05, 0.1) is 19.6 Å². The summed E-state index contributed by atoms with van der Waals surface area (Å²) in [7, 11) is 0. The van der Waals surface area contributed by atoms with Gasteiger partial charge in [-0.2, -0.15) is 0 Å². The number of ketones is 2. The molecular formula is C22H24O3. The Morgan fingerprint density at radius 3 is 2.28 bits per heavy atom. The maximum atomic E-state index is 12.4. The largest absolute Gasteiger partial charge is 0.376 e. The van der Waals surface area contributed by atoms with Gasteiger partial charge in [0.15, 0.2) is 0 Å². The van der Waals surface area contributed by atoms with Crippen molar-refractivity contribution in [1.29, 1.82) is 0 Å². The quantitative estimate of drug-likeness (QED) is 0.608. The highest BCUT2D eigenvalue weighted by Gasteiger charge is 2.37. The minimum absolute atomic E-state index is 0.0186. The standard InChI is InChI=1S/C22H24O3/c1-16-21(15-25-14-17-8-4-2-5-9-17)20(12-19(23)13-22(16)24)18-10-6-3-7-11-18/h2-11,16,20-21H,12-15H2,1H3/t16-,20+,21+/m1/s1. The van der Waals surface area contributed by atoms with Crippen LogP contribution in [0.4, 0.5) is 0 Å². The summed E-state index contributed by atoms with van der Waals surface area (Å²) < 4.78 is 5.96. The molecule has 3 rings (SSSR count). The zero-order valence-electron chi connectivity index (χ0n) is 14.6. The Kier molecular flexibility index (Phi) is 5.77. The van der Waals surface area contributed by atoms with E-state index in [1.54, 1.807) is 0 Å². The molecule has 0 aliphatic heterocycles. The maximum absolute atomic E-state index is 12.4. The van der Waals surface area contributed by atoms with E-state index in [-0.39, 0.29) is 35.7 Å². The Bertz CT molecular complexity index is 709. The fraction of sp³-hybridized carbons (Fsp3) is 0.364. The van der Waals surface area contributed by atoms with Crippen molar-refractivity contribution in [2.24, 2.45) is 11.8 Å². The highest BCUT2D eigenvalue weighted by Crippen LogP contribution is 2.37. The first-order valence-electron chi connectivity index (χ1n) is 8.86. The van der Waals surface area contributed by atoms with E-state index in [4.69, 9.17) is 4.74 Å². The predicted octanol–water partition coefficient (Wildman–Crippen LogP) is 4.17. The summed E-state index contributed by atoms with van der Waals surface area (Å²) in [4.78, 5) is 24.6. The van der Waals surface area contributed by atoms with E-state index in [0.29, 0.717) is 19.6 Å². The molecule has 130 valence electrons. The molecule has 0 aromatic heterocycles. The summed E-state index contributed by atoms with van der Waals surface area (Å²) in [6, 6.07) is 20.0. The molecule has 1 saturated carbocycles. The molecule has 0 heterocycles. The first-order valence-corrected chi connectivity index (χ1v) is 8.86. The number of rotatable bonds is 5. The van der Waals surface area contributed by atoms with E-state index in [9.17, 15) is 9.59 Å². The van der Waals surface area contributed by atoms with Gasteiger partial charge >= 0.3 is 0 Å². The van der Waals surface area contributed by atoms with Crippen molar-refractivity contribution in [3.05, 3.63) is 71.8 Å². The fourth-order valence-electron chi connectivity index (χ4n) is 3.62. The van der Waals surface area contributed by atoms with Gasteiger partial charge in [0, 0.05) is 12.3 Å². The number of hydrogen-bond donors (Lipinski definition) is 0. The van der Waals surface area contributed by atoms with Gasteiger partial charge < -0.3 is 4.74 Å². The summed E-state index contributed by atoms with van der Waals surface area (Å²) in [5, 5.41) is 0. The average molecular weight is 336 g/mol. The smallest absolute Gasteiger partial charge is 0.143 e. The zero-order chi connectivity index (χ0) is 17.6. The molecular weight excluding hydrogens is 312 g/mol. The Labute approximate surface area is 149 Å². The lowest BCUT2D eigenvalue weighted by atomic mass is 9.77. The van der Waals surface area contributed by atoms with Gasteiger partial charge in [0.25, 0.3) is 0 Å². The second kappa shape index (κ2) is 8.21. The third-order valence-corrected chi connectivity index (χ3v) is 5.14. The molecule has 2 aromatic carbocycles. The first kappa shape index (κ1) is 17.6. The zero-order valence-corrected chi connectivity index (χ0v) is 14.6. The summed E-state index contributed by atoms with van der Waals surface area (Å²) in [5.41, 5.74) is 2.23. The molecule has 1 fully saturated rings. The van der Waals surface area contributed by atoms with Crippen LogP contribution in [0, 0.1) is 11.8 Å². The van der Waals surface area contributed by atoms with Crippen molar-refractivity contribution >= 4 is 11.6 Å². The topological polar surface area (TPSA) is 43.4 Å². The van der Waals surface area contributed by atoms with Crippen molar-refractivity contribution in [3.8, 4) is 0 Å². The third-order valence-electron chi connectivity index (χ3n) is 5.14. The van der Waals surface area contributed by atoms with E-state index < -0.39 is 0 Å². The minimum Gasteiger partial charge on any atom is -0.376 e. The summed E-state index contributed by atoms with van der Waals surface area (Å²) >= 11 is 0. The van der Waals surface area contributed by atoms with Gasteiger partial charge in [-0.25, -0.2) is 0 Å². The van der Waals surface area contributed by atoms with Crippen molar-refractivity contribution in [1.82, 2.24) is 0 Å². The van der Waals surface area contributed by atoms with Crippen LogP contribution in [-0.4, -0.2) is 18.2 Å². The van der Waals surface area contributed by atoms with Gasteiger partial charge in [-0.3, -0.25) is 9.59 Å². The molecule has 0 radical (unpaired) electrons. The van der Waals surface area contributed by atoms with Crippen LogP contribution in [0.25, 0.3) is 0 Å². The molecule has 0 spiro atoms. The highest BCUT2D eigenvalue weighted by molar-refractivity contribution is 6.01. The molecule has 1 aliphatic carbocycles. The van der Waals surface area contributed by atoms with Gasteiger partial charge in [-0.05, 0) is 23.0 Å². The monoisotopic (exact) mass is 336 g/mol. The number of carbonyl (C=O) groups excluding carboxylic acids is 2. The number of Topliss-reactive ketones (excluding diaryl/α,β-unsaturated/α-hetero) is 2. The molecule has 1 aliphatic rings. The fourth-order valence-corrected chi connectivity index (χ4v) is 3.62. The van der Waals surface area contributed by atoms with Crippen LogP contribution in [0.15, 0.2) is 60.7 Å². The predicted molar refractivity (Wildman–Crippen MR) is 97.2 cm³/mol. The van der Waals surface area contributed by atoms with Crippen LogP contribution in [0.1, 0.15) is 36.8 Å². The minimum atomic E-state index is -0.174. The van der Waals surface area contributed by atoms with E-state index >= 15 is 0 Å². The van der Waals surface area contributed by atoms with Crippen LogP contribution >= 0.6 is 0 Å². The molecule has 3 heteroatoms. The molecule has 3 atom stereocenters. The highest BCUT2D eigenvalue weighted by atomic mass is 16.5. The van der Waals surface area contributed by atoms with Crippen LogP contribution < -0.4 is 0 Å². The Hall–Kier alpha value is -2.26. The van der Waals surface area contributed by atoms with Crippen LogP contribution in [0.3, 0.4) is 0 Å². The van der Waals surface area contributed by atoms with Crippen molar-refractivity contribution in [2.75, 3.05) is 6.61 Å². The normalized spacial score (nSPS) is 24.1. The third kappa shape index (κ3) is 4.43. The molecule has 0 saturated heterocycles. The first-order chi connectivity index (χ1) is 12.1. The second-order valence-corrected chi connectivity index (χ2v) is 6.86. The Balaban J connectivity index is 1.77. The number of hydrogen-bond acceptors (Lipinski definition) is 3. The average Bonchev–Trinajstić information content (AvgIpc) is 2.74. The van der Waals surface area contributed by atoms with Gasteiger partial charge in [-0.15, -0.1) is 0 Å².